The molecule has 4 heteroatoms. The molecule has 0 unspecified atom stereocenters. The van der Waals surface area contributed by atoms with Crippen LogP contribution in [0.15, 0.2) is 199 Å². The van der Waals surface area contributed by atoms with Crippen LogP contribution in [0.1, 0.15) is 0 Å². The lowest BCUT2D eigenvalue weighted by Crippen LogP contribution is -2.11. The maximum Gasteiger partial charge on any atom is 0.159 e. The number of fused-ring (bicyclic) bond motifs is 10. The Bertz CT molecular complexity index is 3500. The molecule has 12 aromatic rings. The fourth-order valence-corrected chi connectivity index (χ4v) is 10.1. The van der Waals surface area contributed by atoms with Gasteiger partial charge in [0.2, 0.25) is 0 Å². The van der Waals surface area contributed by atoms with E-state index in [1.54, 1.807) is 0 Å². The van der Waals surface area contributed by atoms with Gasteiger partial charge in [-0.3, -0.25) is 0 Å². The Balaban J connectivity index is 1.16. The third kappa shape index (κ3) is 4.57. The van der Waals surface area contributed by atoms with Crippen molar-refractivity contribution in [3.8, 4) is 16.8 Å². The minimum absolute atomic E-state index is 0.861. The first-order chi connectivity index (χ1) is 27.8. The summed E-state index contributed by atoms with van der Waals surface area (Å²) < 4.78 is 11.8. The molecule has 12 rings (SSSR count). The molecule has 262 valence electrons. The molecule has 3 nitrogen and oxygen atoms in total. The highest BCUT2D eigenvalue weighted by Crippen LogP contribution is 2.48. The van der Waals surface area contributed by atoms with E-state index in [4.69, 9.17) is 4.42 Å². The molecule has 56 heavy (non-hydrogen) atoms. The van der Waals surface area contributed by atoms with E-state index in [1.165, 1.54) is 58.4 Å². The van der Waals surface area contributed by atoms with Crippen LogP contribution in [0.5, 0.6) is 0 Å². The third-order valence-corrected chi connectivity index (χ3v) is 12.5. The average molecular weight is 733 g/mol. The molecule has 0 atom stereocenters. The van der Waals surface area contributed by atoms with Gasteiger partial charge in [-0.1, -0.05) is 133 Å². The number of rotatable bonds is 5. The van der Waals surface area contributed by atoms with Crippen LogP contribution in [0, 0.1) is 0 Å². The lowest BCUT2D eigenvalue weighted by Gasteiger charge is -2.27. The van der Waals surface area contributed by atoms with Crippen LogP contribution in [0.3, 0.4) is 0 Å². The zero-order chi connectivity index (χ0) is 36.7. The second kappa shape index (κ2) is 12.2. The number of hydrogen-bond acceptors (Lipinski definition) is 3. The van der Waals surface area contributed by atoms with Gasteiger partial charge in [-0.05, 0) is 77.2 Å². The van der Waals surface area contributed by atoms with Gasteiger partial charge in [0.25, 0.3) is 0 Å². The molecular weight excluding hydrogens is 701 g/mol. The summed E-state index contributed by atoms with van der Waals surface area (Å²) >= 11 is 1.86. The molecule has 3 heterocycles. The molecule has 0 aliphatic heterocycles. The predicted octanol–water partition coefficient (Wildman–Crippen LogP) is 15.3. The molecule has 0 spiro atoms. The van der Waals surface area contributed by atoms with Gasteiger partial charge in [0.15, 0.2) is 5.58 Å². The van der Waals surface area contributed by atoms with E-state index in [-0.39, 0.29) is 0 Å². The molecule has 0 N–H and O–H groups in total. The number of anilines is 3. The molecule has 0 amide bonds. The first-order valence-electron chi connectivity index (χ1n) is 19.0. The van der Waals surface area contributed by atoms with Gasteiger partial charge in [0.05, 0.1) is 22.4 Å². The van der Waals surface area contributed by atoms with Crippen LogP contribution < -0.4 is 4.90 Å². The molecular formula is C52H32N2OS. The van der Waals surface area contributed by atoms with Gasteiger partial charge in [-0.2, -0.15) is 0 Å². The zero-order valence-electron chi connectivity index (χ0n) is 30.2. The number of benzene rings is 9. The number of thiophene rings is 1. The Morgan fingerprint density at radius 1 is 0.411 bits per heavy atom. The summed E-state index contributed by atoms with van der Waals surface area (Å²) in [6.45, 7) is 0. The molecule has 0 aliphatic rings. The summed E-state index contributed by atoms with van der Waals surface area (Å²) in [5, 5.41) is 9.64. The van der Waals surface area contributed by atoms with Crippen molar-refractivity contribution < 1.29 is 4.42 Å². The molecule has 9 aromatic carbocycles. The van der Waals surface area contributed by atoms with Crippen LogP contribution in [0.25, 0.3) is 91.5 Å². The summed E-state index contributed by atoms with van der Waals surface area (Å²) in [5.74, 6) is 0. The minimum atomic E-state index is 0.861. The quantitative estimate of drug-likeness (QED) is 0.176. The Morgan fingerprint density at radius 3 is 1.96 bits per heavy atom. The number of para-hydroxylation sites is 4. The SMILES string of the molecule is c1ccc(-n2c3ccccc3c3ccc(N(c4cccc5c(-c6cccc7sc8ccccc8c67)cccc45)c4cccc5c4oc4ccccc45)cc32)cc1. The number of hydrogen-bond donors (Lipinski definition) is 0. The molecule has 0 saturated heterocycles. The maximum absolute atomic E-state index is 6.78. The van der Waals surface area contributed by atoms with Gasteiger partial charge < -0.3 is 13.9 Å². The lowest BCUT2D eigenvalue weighted by molar-refractivity contribution is 0.669. The van der Waals surface area contributed by atoms with Crippen molar-refractivity contribution in [1.29, 1.82) is 0 Å². The molecule has 0 radical (unpaired) electrons. The molecule has 0 bridgehead atoms. The minimum Gasteiger partial charge on any atom is -0.454 e. The van der Waals surface area contributed by atoms with E-state index in [0.717, 1.165) is 50.2 Å². The second-order valence-corrected chi connectivity index (χ2v) is 15.5. The molecule has 0 aliphatic carbocycles. The summed E-state index contributed by atoms with van der Waals surface area (Å²) in [5.41, 5.74) is 10.8. The smallest absolute Gasteiger partial charge is 0.159 e. The standard InChI is InChI=1S/C52H32N2OS/c1-2-14-33(15-3-1)53-44-24-7-4-16-38(44)39-31-30-34(32-47(39)53)54(46-26-12-23-42-40-17-5-8-27-48(40)55-52(42)46)45-25-11-20-35-36(19-10-21-37(35)45)41-22-13-29-50-51(41)43-18-6-9-28-49(43)56-50/h1-32H. The third-order valence-electron chi connectivity index (χ3n) is 11.4. The van der Waals surface area contributed by atoms with Crippen LogP contribution in [0.2, 0.25) is 0 Å². The van der Waals surface area contributed by atoms with Crippen LogP contribution in [0.4, 0.5) is 17.1 Å². The summed E-state index contributed by atoms with van der Waals surface area (Å²) in [7, 11) is 0. The van der Waals surface area contributed by atoms with E-state index in [0.29, 0.717) is 0 Å². The van der Waals surface area contributed by atoms with Crippen LogP contribution >= 0.6 is 11.3 Å². The van der Waals surface area contributed by atoms with Crippen molar-refractivity contribution in [1.82, 2.24) is 4.57 Å². The first kappa shape index (κ1) is 31.2. The number of aromatic nitrogens is 1. The normalized spacial score (nSPS) is 11.9. The summed E-state index contributed by atoms with van der Waals surface area (Å²) in [6.07, 6.45) is 0. The van der Waals surface area contributed by atoms with E-state index in [2.05, 4.69) is 198 Å². The molecule has 3 aromatic heterocycles. The number of nitrogens with zero attached hydrogens (tertiary/aromatic N) is 2. The fourth-order valence-electron chi connectivity index (χ4n) is 8.99. The molecule has 0 fully saturated rings. The Morgan fingerprint density at radius 2 is 1.05 bits per heavy atom. The second-order valence-electron chi connectivity index (χ2n) is 14.4. The monoisotopic (exact) mass is 732 g/mol. The van der Waals surface area contributed by atoms with Gasteiger partial charge in [-0.15, -0.1) is 11.3 Å². The highest BCUT2D eigenvalue weighted by molar-refractivity contribution is 7.25. The van der Waals surface area contributed by atoms with Gasteiger partial charge in [-0.25, -0.2) is 0 Å². The van der Waals surface area contributed by atoms with E-state index in [9.17, 15) is 0 Å². The van der Waals surface area contributed by atoms with E-state index < -0.39 is 0 Å². The highest BCUT2D eigenvalue weighted by atomic mass is 32.1. The van der Waals surface area contributed by atoms with Crippen molar-refractivity contribution in [2.45, 2.75) is 0 Å². The average Bonchev–Trinajstić information content (AvgIpc) is 3.94. The molecule has 0 saturated carbocycles. The van der Waals surface area contributed by atoms with Crippen LogP contribution in [-0.4, -0.2) is 4.57 Å². The topological polar surface area (TPSA) is 21.3 Å². The Hall–Kier alpha value is -7.14. The van der Waals surface area contributed by atoms with Crippen molar-refractivity contribution >= 4 is 103 Å². The van der Waals surface area contributed by atoms with Crippen molar-refractivity contribution in [2.24, 2.45) is 0 Å². The van der Waals surface area contributed by atoms with Gasteiger partial charge in [0.1, 0.15) is 5.58 Å². The van der Waals surface area contributed by atoms with E-state index >= 15 is 0 Å². The Kier molecular flexibility index (Phi) is 6.80. The van der Waals surface area contributed by atoms with Crippen molar-refractivity contribution in [3.05, 3.63) is 194 Å². The lowest BCUT2D eigenvalue weighted by atomic mass is 9.93. The number of furan rings is 1. The van der Waals surface area contributed by atoms with E-state index in [1.807, 2.05) is 17.4 Å². The first-order valence-corrected chi connectivity index (χ1v) is 19.8. The zero-order valence-corrected chi connectivity index (χ0v) is 31.0. The van der Waals surface area contributed by atoms with Crippen molar-refractivity contribution in [2.75, 3.05) is 4.90 Å². The van der Waals surface area contributed by atoms with Gasteiger partial charge in [0, 0.05) is 58.5 Å². The Labute approximate surface area is 326 Å². The summed E-state index contributed by atoms with van der Waals surface area (Å²) in [4.78, 5) is 2.41. The fraction of sp³-hybridized carbons (Fsp3) is 0. The van der Waals surface area contributed by atoms with Crippen molar-refractivity contribution in [3.63, 3.8) is 0 Å². The maximum atomic E-state index is 6.78. The van der Waals surface area contributed by atoms with Gasteiger partial charge >= 0.3 is 0 Å². The largest absolute Gasteiger partial charge is 0.454 e. The van der Waals surface area contributed by atoms with Crippen LogP contribution in [-0.2, 0) is 0 Å². The summed E-state index contributed by atoms with van der Waals surface area (Å²) in [6, 6.07) is 70.2. The predicted molar refractivity (Wildman–Crippen MR) is 239 cm³/mol. The highest BCUT2D eigenvalue weighted by Gasteiger charge is 2.23.